The molecule has 2 aromatic rings. The van der Waals surface area contributed by atoms with Gasteiger partial charge in [0.15, 0.2) is 5.96 Å². The summed E-state index contributed by atoms with van der Waals surface area (Å²) in [6, 6.07) is 8.35. The zero-order valence-corrected chi connectivity index (χ0v) is 15.7. The van der Waals surface area contributed by atoms with E-state index in [0.29, 0.717) is 12.4 Å². The van der Waals surface area contributed by atoms with E-state index in [-0.39, 0.29) is 0 Å². The second kappa shape index (κ2) is 8.85. The van der Waals surface area contributed by atoms with Crippen molar-refractivity contribution in [1.29, 1.82) is 0 Å². The van der Waals surface area contributed by atoms with E-state index in [4.69, 9.17) is 4.74 Å². The molecule has 0 spiro atoms. The fraction of sp³-hybridized carbons (Fsp3) is 0.474. The minimum Gasteiger partial charge on any atom is -0.477 e. The molecule has 0 aliphatic heterocycles. The number of aromatic nitrogens is 1. The minimum atomic E-state index is 0.681. The average molecular weight is 359 g/mol. The molecule has 6 heteroatoms. The molecule has 1 aliphatic carbocycles. The van der Waals surface area contributed by atoms with Crippen molar-refractivity contribution >= 4 is 17.3 Å². The topological polar surface area (TPSA) is 58.5 Å². The number of thiophene rings is 1. The molecular weight excluding hydrogens is 332 g/mol. The highest BCUT2D eigenvalue weighted by molar-refractivity contribution is 7.11. The van der Waals surface area contributed by atoms with Crippen LogP contribution >= 0.6 is 11.3 Å². The first-order chi connectivity index (χ1) is 12.3. The maximum absolute atomic E-state index is 5.66. The third kappa shape index (κ3) is 5.74. The molecule has 1 aliphatic rings. The Labute approximate surface area is 153 Å². The van der Waals surface area contributed by atoms with Crippen LogP contribution < -0.4 is 15.4 Å². The molecule has 3 rings (SSSR count). The highest BCUT2D eigenvalue weighted by atomic mass is 32.1. The summed E-state index contributed by atoms with van der Waals surface area (Å²) < 4.78 is 5.66. The van der Waals surface area contributed by atoms with Crippen LogP contribution in [-0.2, 0) is 19.5 Å². The zero-order chi connectivity index (χ0) is 17.5. The maximum Gasteiger partial charge on any atom is 0.213 e. The highest BCUT2D eigenvalue weighted by Gasteiger charge is 2.21. The number of rotatable bonds is 8. The molecule has 2 heterocycles. The number of aryl methyl sites for hydroxylation is 1. The Morgan fingerprint density at radius 1 is 1.20 bits per heavy atom. The van der Waals surface area contributed by atoms with Gasteiger partial charge in [-0.25, -0.2) is 4.98 Å². The van der Waals surface area contributed by atoms with Gasteiger partial charge in [-0.2, -0.15) is 0 Å². The van der Waals surface area contributed by atoms with Crippen LogP contribution in [0.25, 0.3) is 0 Å². The number of nitrogens with one attached hydrogen (secondary N) is 2. The number of hydrogen-bond acceptors (Lipinski definition) is 4. The van der Waals surface area contributed by atoms with Crippen molar-refractivity contribution in [3.05, 3.63) is 45.8 Å². The zero-order valence-electron chi connectivity index (χ0n) is 14.9. The van der Waals surface area contributed by atoms with Gasteiger partial charge in [0.05, 0.1) is 13.2 Å². The lowest BCUT2D eigenvalue weighted by atomic mass is 10.3. The normalized spacial score (nSPS) is 14.4. The Morgan fingerprint density at radius 3 is 2.64 bits per heavy atom. The molecule has 0 amide bonds. The van der Waals surface area contributed by atoms with Crippen LogP contribution in [0.15, 0.2) is 35.5 Å². The van der Waals surface area contributed by atoms with Crippen LogP contribution in [0.1, 0.15) is 35.1 Å². The summed E-state index contributed by atoms with van der Waals surface area (Å²) in [6.45, 7) is 4.44. The molecule has 25 heavy (non-hydrogen) atoms. The van der Waals surface area contributed by atoms with Crippen LogP contribution in [-0.4, -0.2) is 24.6 Å². The van der Waals surface area contributed by atoms with Gasteiger partial charge in [0.2, 0.25) is 5.88 Å². The van der Waals surface area contributed by atoms with Gasteiger partial charge in [-0.1, -0.05) is 13.0 Å². The summed E-state index contributed by atoms with van der Waals surface area (Å²) in [5.74, 6) is 2.25. The molecule has 0 unspecified atom stereocenters. The van der Waals surface area contributed by atoms with Gasteiger partial charge >= 0.3 is 0 Å². The van der Waals surface area contributed by atoms with E-state index in [1.54, 1.807) is 7.05 Å². The van der Waals surface area contributed by atoms with Crippen LogP contribution in [0.3, 0.4) is 0 Å². The smallest absolute Gasteiger partial charge is 0.213 e. The van der Waals surface area contributed by atoms with Crippen LogP contribution in [0, 0.1) is 5.92 Å². The summed E-state index contributed by atoms with van der Waals surface area (Å²) in [7, 11) is 1.79. The Balaban J connectivity index is 1.42. The lowest BCUT2D eigenvalue weighted by Crippen LogP contribution is -2.36. The molecule has 0 atom stereocenters. The van der Waals surface area contributed by atoms with Gasteiger partial charge in [0.25, 0.3) is 0 Å². The van der Waals surface area contributed by atoms with E-state index in [1.807, 2.05) is 29.7 Å². The number of pyridine rings is 1. The van der Waals surface area contributed by atoms with E-state index >= 15 is 0 Å². The average Bonchev–Trinajstić information content (AvgIpc) is 3.37. The minimum absolute atomic E-state index is 0.681. The van der Waals surface area contributed by atoms with Gasteiger partial charge in [-0.05, 0) is 42.9 Å². The summed E-state index contributed by atoms with van der Waals surface area (Å²) >= 11 is 1.84. The predicted octanol–water partition coefficient (Wildman–Crippen LogP) is 3.36. The molecule has 0 bridgehead atoms. The van der Waals surface area contributed by atoms with Gasteiger partial charge in [-0.3, -0.25) is 4.99 Å². The SMILES string of the molecule is CCc1ccc(CNC(=NC)NCc2ccc(OCC3CC3)nc2)s1. The quantitative estimate of drug-likeness (QED) is 0.561. The van der Waals surface area contributed by atoms with Gasteiger partial charge < -0.3 is 15.4 Å². The molecule has 1 fully saturated rings. The number of nitrogens with zero attached hydrogens (tertiary/aromatic N) is 2. The third-order valence-corrected chi connectivity index (χ3v) is 5.37. The monoisotopic (exact) mass is 358 g/mol. The fourth-order valence-corrected chi connectivity index (χ4v) is 3.27. The molecule has 0 aromatic carbocycles. The van der Waals surface area contributed by atoms with Gasteiger partial charge in [-0.15, -0.1) is 11.3 Å². The maximum atomic E-state index is 5.66. The molecule has 2 N–H and O–H groups in total. The fourth-order valence-electron chi connectivity index (χ4n) is 2.37. The first-order valence-corrected chi connectivity index (χ1v) is 9.68. The van der Waals surface area contributed by atoms with Crippen LogP contribution in [0.4, 0.5) is 0 Å². The molecule has 2 aromatic heterocycles. The molecule has 134 valence electrons. The molecule has 0 saturated heterocycles. The second-order valence-corrected chi connectivity index (χ2v) is 7.51. The number of hydrogen-bond donors (Lipinski definition) is 2. The van der Waals surface area contributed by atoms with Gasteiger partial charge in [0, 0.05) is 35.6 Å². The van der Waals surface area contributed by atoms with Crippen molar-refractivity contribution in [2.75, 3.05) is 13.7 Å². The van der Waals surface area contributed by atoms with Crippen molar-refractivity contribution in [2.24, 2.45) is 10.9 Å². The van der Waals surface area contributed by atoms with Crippen LogP contribution in [0.5, 0.6) is 5.88 Å². The lowest BCUT2D eigenvalue weighted by Gasteiger charge is -2.11. The predicted molar refractivity (Wildman–Crippen MR) is 103 cm³/mol. The largest absolute Gasteiger partial charge is 0.477 e. The van der Waals surface area contributed by atoms with Crippen molar-refractivity contribution in [1.82, 2.24) is 15.6 Å². The van der Waals surface area contributed by atoms with E-state index < -0.39 is 0 Å². The van der Waals surface area contributed by atoms with E-state index in [0.717, 1.165) is 37.0 Å². The molecule has 5 nitrogen and oxygen atoms in total. The summed E-state index contributed by atoms with van der Waals surface area (Å²) in [5.41, 5.74) is 1.10. The third-order valence-electron chi connectivity index (χ3n) is 4.14. The van der Waals surface area contributed by atoms with Crippen molar-refractivity contribution in [3.8, 4) is 5.88 Å². The van der Waals surface area contributed by atoms with Crippen molar-refractivity contribution < 1.29 is 4.74 Å². The summed E-state index contributed by atoms with van der Waals surface area (Å²) in [5, 5.41) is 6.67. The summed E-state index contributed by atoms with van der Waals surface area (Å²) in [6.07, 6.45) is 5.53. The van der Waals surface area contributed by atoms with Crippen molar-refractivity contribution in [3.63, 3.8) is 0 Å². The Hall–Kier alpha value is -2.08. The Bertz CT molecular complexity index is 692. The lowest BCUT2D eigenvalue weighted by molar-refractivity contribution is 0.288. The number of aliphatic imine (C=N–C) groups is 1. The van der Waals surface area contributed by atoms with E-state index in [9.17, 15) is 0 Å². The first kappa shape index (κ1) is 17.7. The van der Waals surface area contributed by atoms with E-state index in [1.165, 1.54) is 22.6 Å². The van der Waals surface area contributed by atoms with E-state index in [2.05, 4.69) is 39.7 Å². The van der Waals surface area contributed by atoms with Gasteiger partial charge in [0.1, 0.15) is 0 Å². The summed E-state index contributed by atoms with van der Waals surface area (Å²) in [4.78, 5) is 11.4. The Morgan fingerprint density at radius 2 is 2.00 bits per heavy atom. The highest BCUT2D eigenvalue weighted by Crippen LogP contribution is 2.29. The number of ether oxygens (including phenoxy) is 1. The molecule has 1 saturated carbocycles. The first-order valence-electron chi connectivity index (χ1n) is 8.86. The molecule has 0 radical (unpaired) electrons. The Kier molecular flexibility index (Phi) is 6.28. The van der Waals surface area contributed by atoms with Crippen LogP contribution in [0.2, 0.25) is 0 Å². The standard InChI is InChI=1S/C19H26N4OS/c1-3-16-7-8-17(25-16)12-23-19(20-2)22-11-15-6-9-18(21-10-15)24-13-14-4-5-14/h6-10,14H,3-5,11-13H2,1-2H3,(H2,20,22,23). The second-order valence-electron chi connectivity index (χ2n) is 6.26. The number of guanidine groups is 1. The molecular formula is C19H26N4OS. The van der Waals surface area contributed by atoms with Crippen molar-refractivity contribution in [2.45, 2.75) is 39.3 Å².